The standard InChI is InChI=1S/C21H34O7/c1-3-4-5-6-7-8-9-10-11-12-17-25-14-16(27-17)19-20(26-13-15(2)22)18(23)21(24)28-19/h16-17,19,23H,3-14H2,1-2H3/t16-,17?,19+/m0/s1. The molecule has 0 saturated carbocycles. The van der Waals surface area contributed by atoms with E-state index in [-0.39, 0.29) is 31.0 Å². The highest BCUT2D eigenvalue weighted by molar-refractivity contribution is 5.89. The van der Waals surface area contributed by atoms with Crippen molar-refractivity contribution in [2.45, 2.75) is 96.6 Å². The van der Waals surface area contributed by atoms with E-state index < -0.39 is 23.9 Å². The fourth-order valence-corrected chi connectivity index (χ4v) is 3.44. The first kappa shape index (κ1) is 22.7. The van der Waals surface area contributed by atoms with Crippen LogP contribution < -0.4 is 0 Å². The van der Waals surface area contributed by atoms with Crippen molar-refractivity contribution in [3.63, 3.8) is 0 Å². The van der Waals surface area contributed by atoms with Gasteiger partial charge in [-0.05, 0) is 19.8 Å². The number of aliphatic hydroxyl groups excluding tert-OH is 1. The van der Waals surface area contributed by atoms with Gasteiger partial charge < -0.3 is 24.1 Å². The minimum atomic E-state index is -0.875. The molecule has 1 fully saturated rings. The maximum absolute atomic E-state index is 11.6. The molecule has 160 valence electrons. The number of hydrogen-bond donors (Lipinski definition) is 1. The number of carbonyl (C=O) groups is 2. The number of ketones is 1. The lowest BCUT2D eigenvalue weighted by Gasteiger charge is -2.19. The summed E-state index contributed by atoms with van der Waals surface area (Å²) in [5.41, 5.74) is 0. The minimum absolute atomic E-state index is 0.0440. The number of ether oxygens (including phenoxy) is 4. The molecule has 2 rings (SSSR count). The molecule has 0 radical (unpaired) electrons. The summed E-state index contributed by atoms with van der Waals surface area (Å²) in [4.78, 5) is 22.8. The van der Waals surface area contributed by atoms with E-state index in [1.54, 1.807) is 0 Å². The molecule has 7 heteroatoms. The highest BCUT2D eigenvalue weighted by atomic mass is 16.7. The molecule has 0 aromatic carbocycles. The lowest BCUT2D eigenvalue weighted by atomic mass is 10.1. The molecule has 0 aliphatic carbocycles. The average Bonchev–Trinajstić information content (AvgIpc) is 3.24. The summed E-state index contributed by atoms with van der Waals surface area (Å²) in [5.74, 6) is -1.73. The Bertz CT molecular complexity index is 543. The number of carbonyl (C=O) groups excluding carboxylic acids is 2. The summed E-state index contributed by atoms with van der Waals surface area (Å²) in [5, 5.41) is 9.83. The van der Waals surface area contributed by atoms with Crippen LogP contribution in [0.3, 0.4) is 0 Å². The van der Waals surface area contributed by atoms with Gasteiger partial charge in [0.15, 0.2) is 23.9 Å². The Labute approximate surface area is 167 Å². The summed E-state index contributed by atoms with van der Waals surface area (Å²) in [6, 6.07) is 0. The topological polar surface area (TPSA) is 91.3 Å². The predicted octanol–water partition coefficient (Wildman–Crippen LogP) is 3.95. The molecule has 1 saturated heterocycles. The Balaban J connectivity index is 1.65. The molecule has 2 heterocycles. The maximum Gasteiger partial charge on any atom is 0.378 e. The predicted molar refractivity (Wildman–Crippen MR) is 103 cm³/mol. The van der Waals surface area contributed by atoms with Crippen molar-refractivity contribution in [3.05, 3.63) is 11.5 Å². The smallest absolute Gasteiger partial charge is 0.378 e. The molecule has 2 aliphatic heterocycles. The Hall–Kier alpha value is -1.60. The summed E-state index contributed by atoms with van der Waals surface area (Å²) < 4.78 is 21.9. The number of cyclic esters (lactones) is 1. The van der Waals surface area contributed by atoms with Crippen molar-refractivity contribution in [1.29, 1.82) is 0 Å². The van der Waals surface area contributed by atoms with Crippen LogP contribution in [0.15, 0.2) is 11.5 Å². The van der Waals surface area contributed by atoms with Crippen molar-refractivity contribution < 1.29 is 33.6 Å². The third-order valence-corrected chi connectivity index (χ3v) is 5.00. The number of aliphatic hydroxyl groups is 1. The van der Waals surface area contributed by atoms with Gasteiger partial charge in [0.1, 0.15) is 12.7 Å². The van der Waals surface area contributed by atoms with Gasteiger partial charge in [0.05, 0.1) is 6.61 Å². The van der Waals surface area contributed by atoms with Gasteiger partial charge in [0, 0.05) is 0 Å². The zero-order valence-electron chi connectivity index (χ0n) is 17.1. The molecule has 1 N–H and O–H groups in total. The van der Waals surface area contributed by atoms with Gasteiger partial charge in [-0.25, -0.2) is 4.79 Å². The zero-order valence-corrected chi connectivity index (χ0v) is 17.1. The highest BCUT2D eigenvalue weighted by Crippen LogP contribution is 2.30. The summed E-state index contributed by atoms with van der Waals surface area (Å²) in [6.45, 7) is 3.61. The lowest BCUT2D eigenvalue weighted by Crippen LogP contribution is -2.32. The van der Waals surface area contributed by atoms with E-state index in [4.69, 9.17) is 18.9 Å². The van der Waals surface area contributed by atoms with E-state index in [1.807, 2.05) is 0 Å². The Kier molecular flexibility index (Phi) is 9.78. The van der Waals surface area contributed by atoms with Crippen molar-refractivity contribution >= 4 is 11.8 Å². The van der Waals surface area contributed by atoms with Gasteiger partial charge in [-0.3, -0.25) is 4.79 Å². The quantitative estimate of drug-likeness (QED) is 0.350. The first-order valence-corrected chi connectivity index (χ1v) is 10.6. The van der Waals surface area contributed by atoms with Gasteiger partial charge in [-0.2, -0.15) is 0 Å². The normalized spacial score (nSPS) is 24.6. The largest absolute Gasteiger partial charge is 0.499 e. The van der Waals surface area contributed by atoms with E-state index in [9.17, 15) is 14.7 Å². The molecule has 0 bridgehead atoms. The second kappa shape index (κ2) is 12.1. The average molecular weight is 398 g/mol. The lowest BCUT2D eigenvalue weighted by molar-refractivity contribution is -0.149. The van der Waals surface area contributed by atoms with Crippen LogP contribution in [-0.2, 0) is 28.5 Å². The Morgan fingerprint density at radius 1 is 1.11 bits per heavy atom. The second-order valence-electron chi connectivity index (χ2n) is 7.58. The highest BCUT2D eigenvalue weighted by Gasteiger charge is 2.45. The van der Waals surface area contributed by atoms with Gasteiger partial charge in [-0.1, -0.05) is 58.3 Å². The molecular formula is C21H34O7. The molecule has 2 aliphatic rings. The third-order valence-electron chi connectivity index (χ3n) is 5.00. The summed E-state index contributed by atoms with van der Waals surface area (Å²) >= 11 is 0. The van der Waals surface area contributed by atoms with Crippen LogP contribution in [0, 0.1) is 0 Å². The van der Waals surface area contributed by atoms with Crippen molar-refractivity contribution in [2.75, 3.05) is 13.2 Å². The fourth-order valence-electron chi connectivity index (χ4n) is 3.44. The third kappa shape index (κ3) is 7.09. The molecule has 7 nitrogen and oxygen atoms in total. The molecule has 0 spiro atoms. The SMILES string of the molecule is CCCCCCCCCCCC1OC[C@@H]([C@H]2OC(=O)C(O)=C2OCC(C)=O)O1. The van der Waals surface area contributed by atoms with Crippen LogP contribution in [0.2, 0.25) is 0 Å². The first-order chi connectivity index (χ1) is 13.5. The van der Waals surface area contributed by atoms with Crippen LogP contribution in [0.5, 0.6) is 0 Å². The number of esters is 1. The molecule has 1 unspecified atom stereocenters. The van der Waals surface area contributed by atoms with E-state index in [0.717, 1.165) is 19.3 Å². The van der Waals surface area contributed by atoms with Crippen LogP contribution in [0.25, 0.3) is 0 Å². The monoisotopic (exact) mass is 398 g/mol. The van der Waals surface area contributed by atoms with Gasteiger partial charge in [0.25, 0.3) is 0 Å². The van der Waals surface area contributed by atoms with Crippen LogP contribution in [0.4, 0.5) is 0 Å². The molecule has 3 atom stereocenters. The molecule has 0 amide bonds. The van der Waals surface area contributed by atoms with Crippen molar-refractivity contribution in [3.8, 4) is 0 Å². The Morgan fingerprint density at radius 2 is 1.75 bits per heavy atom. The zero-order chi connectivity index (χ0) is 20.4. The maximum atomic E-state index is 11.6. The summed E-state index contributed by atoms with van der Waals surface area (Å²) in [7, 11) is 0. The second-order valence-corrected chi connectivity index (χ2v) is 7.58. The minimum Gasteiger partial charge on any atom is -0.499 e. The van der Waals surface area contributed by atoms with Gasteiger partial charge >= 0.3 is 5.97 Å². The van der Waals surface area contributed by atoms with E-state index >= 15 is 0 Å². The van der Waals surface area contributed by atoms with Gasteiger partial charge in [0.2, 0.25) is 5.76 Å². The number of hydrogen-bond acceptors (Lipinski definition) is 7. The number of Topliss-reactive ketones (excluding diaryl/α,β-unsaturated/α-hetero) is 1. The molecule has 0 aromatic rings. The molecule has 28 heavy (non-hydrogen) atoms. The van der Waals surface area contributed by atoms with E-state index in [0.29, 0.717) is 0 Å². The van der Waals surface area contributed by atoms with Crippen molar-refractivity contribution in [1.82, 2.24) is 0 Å². The van der Waals surface area contributed by atoms with Gasteiger partial charge in [-0.15, -0.1) is 0 Å². The van der Waals surface area contributed by atoms with Crippen LogP contribution >= 0.6 is 0 Å². The Morgan fingerprint density at radius 3 is 2.39 bits per heavy atom. The van der Waals surface area contributed by atoms with E-state index in [1.165, 1.54) is 51.9 Å². The molecule has 0 aromatic heterocycles. The fraction of sp³-hybridized carbons (Fsp3) is 0.810. The number of rotatable bonds is 14. The molecular weight excluding hydrogens is 364 g/mol. The first-order valence-electron chi connectivity index (χ1n) is 10.6. The van der Waals surface area contributed by atoms with E-state index in [2.05, 4.69) is 6.92 Å². The summed E-state index contributed by atoms with van der Waals surface area (Å²) in [6.07, 6.45) is 10.3. The van der Waals surface area contributed by atoms with Crippen LogP contribution in [0.1, 0.15) is 78.1 Å². The number of unbranched alkanes of at least 4 members (excludes halogenated alkanes) is 8. The van der Waals surface area contributed by atoms with Crippen LogP contribution in [-0.4, -0.2) is 48.6 Å². The van der Waals surface area contributed by atoms with Crippen molar-refractivity contribution in [2.24, 2.45) is 0 Å².